The summed E-state index contributed by atoms with van der Waals surface area (Å²) in [4.78, 5) is 0. The Hall–Kier alpha value is -0.650. The van der Waals surface area contributed by atoms with E-state index in [0.717, 1.165) is 15.9 Å². The van der Waals surface area contributed by atoms with E-state index in [-0.39, 0.29) is 0 Å². The summed E-state index contributed by atoms with van der Waals surface area (Å²) in [5.74, 6) is 0. The summed E-state index contributed by atoms with van der Waals surface area (Å²) in [6, 6.07) is 5.69. The van der Waals surface area contributed by atoms with Crippen LogP contribution in [0, 0.1) is 0 Å². The molecule has 3 nitrogen and oxygen atoms in total. The molecule has 1 N–H and O–H groups in total. The van der Waals surface area contributed by atoms with Gasteiger partial charge in [-0.05, 0) is 39.6 Å². The van der Waals surface area contributed by atoms with Gasteiger partial charge < -0.3 is 5.32 Å². The van der Waals surface area contributed by atoms with E-state index in [4.69, 9.17) is 11.6 Å². The summed E-state index contributed by atoms with van der Waals surface area (Å²) < 4.78 is 4.66. The lowest BCUT2D eigenvalue weighted by Gasteiger charge is -2.07. The molecule has 0 aliphatic carbocycles. The van der Waals surface area contributed by atoms with Crippen molar-refractivity contribution < 1.29 is 0 Å². The SMILES string of the molecule is Clc1cccc(NCc2csnn2)c1Br. The van der Waals surface area contributed by atoms with Gasteiger partial charge in [-0.25, -0.2) is 0 Å². The Morgan fingerprint density at radius 2 is 2.33 bits per heavy atom. The Balaban J connectivity index is 2.08. The van der Waals surface area contributed by atoms with Gasteiger partial charge in [0, 0.05) is 5.38 Å². The lowest BCUT2D eigenvalue weighted by atomic mass is 10.3. The molecule has 0 amide bonds. The van der Waals surface area contributed by atoms with Crippen molar-refractivity contribution in [2.75, 3.05) is 5.32 Å². The van der Waals surface area contributed by atoms with Gasteiger partial charge in [0.1, 0.15) is 0 Å². The van der Waals surface area contributed by atoms with Crippen LogP contribution in [0.2, 0.25) is 5.02 Å². The fourth-order valence-corrected chi connectivity index (χ4v) is 2.12. The number of aromatic nitrogens is 2. The first kappa shape index (κ1) is 10.9. The minimum absolute atomic E-state index is 0.648. The van der Waals surface area contributed by atoms with Crippen LogP contribution >= 0.6 is 39.1 Å². The molecule has 0 saturated carbocycles. The van der Waals surface area contributed by atoms with Gasteiger partial charge in [-0.2, -0.15) is 0 Å². The van der Waals surface area contributed by atoms with Gasteiger partial charge in [-0.3, -0.25) is 0 Å². The zero-order chi connectivity index (χ0) is 10.7. The zero-order valence-corrected chi connectivity index (χ0v) is 10.7. The van der Waals surface area contributed by atoms with Crippen LogP contribution in [-0.4, -0.2) is 9.59 Å². The monoisotopic (exact) mass is 303 g/mol. The third-order valence-electron chi connectivity index (χ3n) is 1.82. The van der Waals surface area contributed by atoms with Gasteiger partial charge in [0.2, 0.25) is 0 Å². The second-order valence-corrected chi connectivity index (χ2v) is 4.66. The van der Waals surface area contributed by atoms with Crippen molar-refractivity contribution in [3.05, 3.63) is 38.8 Å². The molecule has 0 atom stereocenters. The fourth-order valence-electron chi connectivity index (χ4n) is 1.09. The van der Waals surface area contributed by atoms with Crippen LogP contribution in [0.4, 0.5) is 5.69 Å². The van der Waals surface area contributed by atoms with Crippen LogP contribution in [0.5, 0.6) is 0 Å². The number of benzene rings is 1. The number of rotatable bonds is 3. The summed E-state index contributed by atoms with van der Waals surface area (Å²) in [7, 11) is 0. The Labute approximate surface area is 105 Å². The quantitative estimate of drug-likeness (QED) is 0.942. The Kier molecular flexibility index (Phi) is 3.56. The van der Waals surface area contributed by atoms with Crippen molar-refractivity contribution >= 4 is 44.8 Å². The molecular formula is C9H7BrClN3S. The van der Waals surface area contributed by atoms with E-state index in [2.05, 4.69) is 30.8 Å². The maximum atomic E-state index is 5.96. The number of anilines is 1. The molecule has 1 heterocycles. The number of hydrogen-bond donors (Lipinski definition) is 1. The second kappa shape index (κ2) is 4.92. The van der Waals surface area contributed by atoms with E-state index in [0.29, 0.717) is 11.6 Å². The van der Waals surface area contributed by atoms with Gasteiger partial charge in [-0.15, -0.1) is 5.10 Å². The van der Waals surface area contributed by atoms with Gasteiger partial charge in [0.15, 0.2) is 0 Å². The first-order valence-corrected chi connectivity index (χ1v) is 6.22. The van der Waals surface area contributed by atoms with E-state index in [9.17, 15) is 0 Å². The number of nitrogens with one attached hydrogen (secondary N) is 1. The van der Waals surface area contributed by atoms with Crippen LogP contribution in [0.25, 0.3) is 0 Å². The highest BCUT2D eigenvalue weighted by Gasteiger charge is 2.03. The molecule has 0 spiro atoms. The van der Waals surface area contributed by atoms with Crippen LogP contribution in [0.1, 0.15) is 5.69 Å². The first-order valence-electron chi connectivity index (χ1n) is 4.21. The molecule has 0 radical (unpaired) electrons. The van der Waals surface area contributed by atoms with Crippen molar-refractivity contribution in [2.24, 2.45) is 0 Å². The summed E-state index contributed by atoms with van der Waals surface area (Å²) in [5, 5.41) is 9.77. The maximum Gasteiger partial charge on any atom is 0.0946 e. The molecular weight excluding hydrogens is 298 g/mol. The highest BCUT2D eigenvalue weighted by Crippen LogP contribution is 2.30. The van der Waals surface area contributed by atoms with Gasteiger partial charge in [0.25, 0.3) is 0 Å². The van der Waals surface area contributed by atoms with Gasteiger partial charge >= 0.3 is 0 Å². The number of hydrogen-bond acceptors (Lipinski definition) is 4. The minimum atomic E-state index is 0.648. The lowest BCUT2D eigenvalue weighted by molar-refractivity contribution is 0.998. The molecule has 0 unspecified atom stereocenters. The van der Waals surface area contributed by atoms with E-state index < -0.39 is 0 Å². The van der Waals surface area contributed by atoms with E-state index >= 15 is 0 Å². The molecule has 78 valence electrons. The van der Waals surface area contributed by atoms with Crippen LogP contribution in [0.3, 0.4) is 0 Å². The maximum absolute atomic E-state index is 5.96. The van der Waals surface area contributed by atoms with Gasteiger partial charge in [0.05, 0.1) is 27.4 Å². The average Bonchev–Trinajstić information content (AvgIpc) is 2.73. The standard InChI is InChI=1S/C9H7BrClN3S/c10-9-7(11)2-1-3-8(9)12-4-6-5-15-14-13-6/h1-3,5,12H,4H2. The molecule has 1 aromatic heterocycles. The first-order chi connectivity index (χ1) is 7.27. The second-order valence-electron chi connectivity index (χ2n) is 2.85. The smallest absolute Gasteiger partial charge is 0.0946 e. The highest BCUT2D eigenvalue weighted by atomic mass is 79.9. The molecule has 2 aromatic rings. The Morgan fingerprint density at radius 3 is 3.07 bits per heavy atom. The lowest BCUT2D eigenvalue weighted by Crippen LogP contribution is -2.00. The third-order valence-corrected chi connectivity index (χ3v) is 3.77. The van der Waals surface area contributed by atoms with Crippen molar-refractivity contribution in [2.45, 2.75) is 6.54 Å². The van der Waals surface area contributed by atoms with Crippen LogP contribution < -0.4 is 5.32 Å². The molecule has 0 bridgehead atoms. The summed E-state index contributed by atoms with van der Waals surface area (Å²) in [6.07, 6.45) is 0. The molecule has 0 aliphatic heterocycles. The zero-order valence-electron chi connectivity index (χ0n) is 7.58. The third kappa shape index (κ3) is 2.68. The van der Waals surface area contributed by atoms with Crippen molar-refractivity contribution in [3.63, 3.8) is 0 Å². The molecule has 1 aromatic carbocycles. The molecule has 2 rings (SSSR count). The molecule has 0 saturated heterocycles. The average molecular weight is 305 g/mol. The van der Waals surface area contributed by atoms with Crippen molar-refractivity contribution in [1.82, 2.24) is 9.59 Å². The van der Waals surface area contributed by atoms with Gasteiger partial charge in [-0.1, -0.05) is 22.2 Å². The molecule has 15 heavy (non-hydrogen) atoms. The number of halogens is 2. The Morgan fingerprint density at radius 1 is 1.47 bits per heavy atom. The van der Waals surface area contributed by atoms with E-state index in [1.54, 1.807) is 0 Å². The summed E-state index contributed by atoms with van der Waals surface area (Å²) >= 11 is 10.7. The van der Waals surface area contributed by atoms with Crippen molar-refractivity contribution in [3.8, 4) is 0 Å². The summed E-state index contributed by atoms with van der Waals surface area (Å²) in [5.41, 5.74) is 1.88. The minimum Gasteiger partial charge on any atom is -0.378 e. The molecule has 0 fully saturated rings. The predicted molar refractivity (Wildman–Crippen MR) is 66.4 cm³/mol. The summed E-state index contributed by atoms with van der Waals surface area (Å²) in [6.45, 7) is 0.648. The molecule has 6 heteroatoms. The van der Waals surface area contributed by atoms with E-state index in [1.165, 1.54) is 11.5 Å². The highest BCUT2D eigenvalue weighted by molar-refractivity contribution is 9.10. The van der Waals surface area contributed by atoms with Crippen molar-refractivity contribution in [1.29, 1.82) is 0 Å². The van der Waals surface area contributed by atoms with E-state index in [1.807, 2.05) is 23.6 Å². The largest absolute Gasteiger partial charge is 0.378 e. The van der Waals surface area contributed by atoms with Crippen LogP contribution in [-0.2, 0) is 6.54 Å². The fraction of sp³-hybridized carbons (Fsp3) is 0.111. The number of nitrogens with zero attached hydrogens (tertiary/aromatic N) is 2. The molecule has 0 aliphatic rings. The predicted octanol–water partition coefficient (Wildman–Crippen LogP) is 3.57. The van der Waals surface area contributed by atoms with Crippen LogP contribution in [0.15, 0.2) is 28.1 Å². The topological polar surface area (TPSA) is 37.8 Å². The normalized spacial score (nSPS) is 10.3. The Bertz CT molecular complexity index is 447.